The van der Waals surface area contributed by atoms with Gasteiger partial charge in [-0.1, -0.05) is 0 Å². The molecule has 0 aromatic carbocycles. The van der Waals surface area contributed by atoms with Crippen molar-refractivity contribution >= 4 is 12.3 Å². The van der Waals surface area contributed by atoms with E-state index in [1.165, 1.54) is 0 Å². The lowest BCUT2D eigenvalue weighted by Gasteiger charge is -1.89. The molecule has 0 aliphatic heterocycles. The lowest BCUT2D eigenvalue weighted by Crippen LogP contribution is -1.98. The van der Waals surface area contributed by atoms with Gasteiger partial charge in [0, 0.05) is 13.2 Å². The first kappa shape index (κ1) is 8.52. The van der Waals surface area contributed by atoms with Gasteiger partial charge in [-0.15, -0.1) is 0 Å². The van der Waals surface area contributed by atoms with Crippen molar-refractivity contribution in [1.29, 1.82) is 0 Å². The number of carboxylic acid groups (broad SMARTS) is 1. The molecule has 12 heavy (non-hydrogen) atoms. The minimum absolute atomic E-state index is 0.0400. The van der Waals surface area contributed by atoms with Crippen LogP contribution in [0.2, 0.25) is 0 Å². The summed E-state index contributed by atoms with van der Waals surface area (Å²) in [6.07, 6.45) is 2.30. The average molecular weight is 167 g/mol. The molecule has 1 N–H and O–H groups in total. The Hall–Kier alpha value is -1.58. The highest BCUT2D eigenvalue weighted by Gasteiger charge is 2.04. The number of hydrogen-bond acceptors (Lipinski definition) is 2. The standard InChI is InChI=1S/C8H9NO3/c1-9-4-6(3-8(11)12)2-7(9)5-10/h2,4-5H,3H2,1H3,(H,11,12). The average Bonchev–Trinajstić information content (AvgIpc) is 2.29. The molecule has 64 valence electrons. The van der Waals surface area contributed by atoms with E-state index in [4.69, 9.17) is 5.11 Å². The van der Waals surface area contributed by atoms with Crippen LogP contribution in [0.25, 0.3) is 0 Å². The third kappa shape index (κ3) is 1.72. The van der Waals surface area contributed by atoms with Crippen LogP contribution in [0.15, 0.2) is 12.3 Å². The topological polar surface area (TPSA) is 59.3 Å². The second-order valence-electron chi connectivity index (χ2n) is 2.57. The monoisotopic (exact) mass is 167 g/mol. The highest BCUT2D eigenvalue weighted by molar-refractivity contribution is 5.75. The summed E-state index contributed by atoms with van der Waals surface area (Å²) in [5.74, 6) is -0.891. The van der Waals surface area contributed by atoms with Gasteiger partial charge in [-0.05, 0) is 11.6 Å². The zero-order valence-corrected chi connectivity index (χ0v) is 6.65. The fourth-order valence-electron chi connectivity index (χ4n) is 1.04. The van der Waals surface area contributed by atoms with Crippen LogP contribution in [0.4, 0.5) is 0 Å². The van der Waals surface area contributed by atoms with Crippen LogP contribution in [-0.2, 0) is 18.3 Å². The van der Waals surface area contributed by atoms with E-state index in [1.54, 1.807) is 23.9 Å². The first-order chi connectivity index (χ1) is 5.63. The van der Waals surface area contributed by atoms with Crippen molar-refractivity contribution in [3.63, 3.8) is 0 Å². The maximum Gasteiger partial charge on any atom is 0.307 e. The molecule has 0 amide bonds. The van der Waals surface area contributed by atoms with Crippen LogP contribution in [0.3, 0.4) is 0 Å². The quantitative estimate of drug-likeness (QED) is 0.665. The van der Waals surface area contributed by atoms with E-state index in [2.05, 4.69) is 0 Å². The molecular formula is C8H9NO3. The third-order valence-electron chi connectivity index (χ3n) is 1.58. The fourth-order valence-corrected chi connectivity index (χ4v) is 1.04. The van der Waals surface area contributed by atoms with E-state index >= 15 is 0 Å². The molecule has 0 spiro atoms. The van der Waals surface area contributed by atoms with Gasteiger partial charge in [0.15, 0.2) is 6.29 Å². The van der Waals surface area contributed by atoms with Crippen LogP contribution >= 0.6 is 0 Å². The van der Waals surface area contributed by atoms with Crippen molar-refractivity contribution in [3.05, 3.63) is 23.5 Å². The molecule has 0 fully saturated rings. The van der Waals surface area contributed by atoms with E-state index in [-0.39, 0.29) is 6.42 Å². The maximum absolute atomic E-state index is 10.4. The van der Waals surface area contributed by atoms with Gasteiger partial charge in [-0.3, -0.25) is 9.59 Å². The molecule has 0 saturated heterocycles. The van der Waals surface area contributed by atoms with Crippen LogP contribution in [0, 0.1) is 0 Å². The van der Waals surface area contributed by atoms with Gasteiger partial charge < -0.3 is 9.67 Å². The Morgan fingerprint density at radius 1 is 1.75 bits per heavy atom. The Labute approximate surface area is 69.4 Å². The number of aryl methyl sites for hydroxylation is 1. The third-order valence-corrected chi connectivity index (χ3v) is 1.58. The van der Waals surface area contributed by atoms with Gasteiger partial charge in [0.05, 0.1) is 12.1 Å². The summed E-state index contributed by atoms with van der Waals surface area (Å²) in [5, 5.41) is 8.44. The number of nitrogens with zero attached hydrogens (tertiary/aromatic N) is 1. The Morgan fingerprint density at radius 2 is 2.42 bits per heavy atom. The second-order valence-corrected chi connectivity index (χ2v) is 2.57. The molecular weight excluding hydrogens is 158 g/mol. The number of hydrogen-bond donors (Lipinski definition) is 1. The Bertz CT molecular complexity index is 314. The largest absolute Gasteiger partial charge is 0.481 e. The predicted molar refractivity (Wildman–Crippen MR) is 42.1 cm³/mol. The van der Waals surface area contributed by atoms with Crippen molar-refractivity contribution < 1.29 is 14.7 Å². The molecule has 4 heteroatoms. The number of rotatable bonds is 3. The van der Waals surface area contributed by atoms with E-state index in [1.807, 2.05) is 0 Å². The van der Waals surface area contributed by atoms with Gasteiger partial charge in [0.25, 0.3) is 0 Å². The maximum atomic E-state index is 10.4. The van der Waals surface area contributed by atoms with Crippen molar-refractivity contribution in [2.45, 2.75) is 6.42 Å². The normalized spacial score (nSPS) is 9.75. The SMILES string of the molecule is Cn1cc(CC(=O)O)cc1C=O. The summed E-state index contributed by atoms with van der Waals surface area (Å²) in [6, 6.07) is 1.57. The first-order valence-corrected chi connectivity index (χ1v) is 3.45. The number of aromatic nitrogens is 1. The summed E-state index contributed by atoms with van der Waals surface area (Å²) in [4.78, 5) is 20.6. The molecule has 4 nitrogen and oxygen atoms in total. The van der Waals surface area contributed by atoms with Crippen molar-refractivity contribution in [2.24, 2.45) is 7.05 Å². The number of aldehydes is 1. The number of carboxylic acids is 1. The molecule has 0 aliphatic rings. The molecule has 1 aromatic heterocycles. The van der Waals surface area contributed by atoms with E-state index in [0.717, 1.165) is 0 Å². The van der Waals surface area contributed by atoms with Crippen molar-refractivity contribution in [2.75, 3.05) is 0 Å². The van der Waals surface area contributed by atoms with E-state index in [9.17, 15) is 9.59 Å². The Balaban J connectivity index is 2.89. The van der Waals surface area contributed by atoms with Gasteiger partial charge in [0.2, 0.25) is 0 Å². The van der Waals surface area contributed by atoms with Gasteiger partial charge in [-0.2, -0.15) is 0 Å². The smallest absolute Gasteiger partial charge is 0.307 e. The highest BCUT2D eigenvalue weighted by Crippen LogP contribution is 2.05. The van der Waals surface area contributed by atoms with E-state index < -0.39 is 5.97 Å². The minimum atomic E-state index is -0.891. The minimum Gasteiger partial charge on any atom is -0.481 e. The molecule has 0 atom stereocenters. The summed E-state index contributed by atoms with van der Waals surface area (Å²) in [6.45, 7) is 0. The van der Waals surface area contributed by atoms with Gasteiger partial charge in [-0.25, -0.2) is 0 Å². The number of aliphatic carboxylic acids is 1. The molecule has 0 radical (unpaired) electrons. The Morgan fingerprint density at radius 3 is 2.83 bits per heavy atom. The van der Waals surface area contributed by atoms with Crippen LogP contribution in [0.1, 0.15) is 16.1 Å². The van der Waals surface area contributed by atoms with E-state index in [0.29, 0.717) is 17.5 Å². The van der Waals surface area contributed by atoms with Crippen LogP contribution in [0.5, 0.6) is 0 Å². The van der Waals surface area contributed by atoms with Crippen molar-refractivity contribution in [1.82, 2.24) is 4.57 Å². The summed E-state index contributed by atoms with van der Waals surface area (Å²) in [5.41, 5.74) is 1.14. The summed E-state index contributed by atoms with van der Waals surface area (Å²) in [7, 11) is 1.70. The van der Waals surface area contributed by atoms with Gasteiger partial charge >= 0.3 is 5.97 Å². The number of carbonyl (C=O) groups is 2. The lowest BCUT2D eigenvalue weighted by molar-refractivity contribution is -0.136. The first-order valence-electron chi connectivity index (χ1n) is 3.45. The zero-order chi connectivity index (χ0) is 9.14. The van der Waals surface area contributed by atoms with Gasteiger partial charge in [0.1, 0.15) is 0 Å². The molecule has 0 bridgehead atoms. The summed E-state index contributed by atoms with van der Waals surface area (Å²) < 4.78 is 1.60. The fraction of sp³-hybridized carbons (Fsp3) is 0.250. The second kappa shape index (κ2) is 3.21. The highest BCUT2D eigenvalue weighted by atomic mass is 16.4. The molecule has 1 heterocycles. The molecule has 0 unspecified atom stereocenters. The lowest BCUT2D eigenvalue weighted by atomic mass is 10.2. The molecule has 0 aliphatic carbocycles. The van der Waals surface area contributed by atoms with Crippen molar-refractivity contribution in [3.8, 4) is 0 Å². The molecule has 1 aromatic rings. The molecule has 1 rings (SSSR count). The predicted octanol–water partition coefficient (Wildman–Crippen LogP) is 0.465. The van der Waals surface area contributed by atoms with Crippen LogP contribution < -0.4 is 0 Å². The zero-order valence-electron chi connectivity index (χ0n) is 6.65. The Kier molecular flexibility index (Phi) is 2.28. The summed E-state index contributed by atoms with van der Waals surface area (Å²) >= 11 is 0. The number of carbonyl (C=O) groups excluding carboxylic acids is 1. The molecule has 0 saturated carbocycles. The van der Waals surface area contributed by atoms with Crippen LogP contribution in [-0.4, -0.2) is 21.9 Å².